The first kappa shape index (κ1) is 20.9. The summed E-state index contributed by atoms with van der Waals surface area (Å²) >= 11 is 0. The molecule has 1 atom stereocenters. The Morgan fingerprint density at radius 1 is 0.839 bits per heavy atom. The predicted octanol–water partition coefficient (Wildman–Crippen LogP) is 5.79. The third kappa shape index (κ3) is 3.42. The van der Waals surface area contributed by atoms with E-state index in [0.717, 1.165) is 44.9 Å². The molecule has 0 radical (unpaired) electrons. The predicted molar refractivity (Wildman–Crippen MR) is 126 cm³/mol. The van der Waals surface area contributed by atoms with Crippen molar-refractivity contribution in [2.75, 3.05) is 10.2 Å². The van der Waals surface area contributed by atoms with Crippen molar-refractivity contribution in [2.45, 2.75) is 41.0 Å². The van der Waals surface area contributed by atoms with Crippen LogP contribution in [0.15, 0.2) is 60.7 Å². The highest BCUT2D eigenvalue weighted by Crippen LogP contribution is 2.44. The Morgan fingerprint density at radius 2 is 1.39 bits per heavy atom. The molecular formula is C27H28N2O2. The van der Waals surface area contributed by atoms with Crippen molar-refractivity contribution < 1.29 is 9.59 Å². The molecule has 0 unspecified atom stereocenters. The van der Waals surface area contributed by atoms with E-state index in [1.54, 1.807) is 11.8 Å². The summed E-state index contributed by atoms with van der Waals surface area (Å²) in [6.45, 7) is 9.69. The van der Waals surface area contributed by atoms with Crippen LogP contribution in [-0.4, -0.2) is 11.8 Å². The van der Waals surface area contributed by atoms with Crippen LogP contribution in [0.2, 0.25) is 0 Å². The number of hydrogen-bond donors (Lipinski definition) is 1. The molecule has 0 aromatic heterocycles. The fourth-order valence-electron chi connectivity index (χ4n) is 4.51. The van der Waals surface area contributed by atoms with Gasteiger partial charge in [0.15, 0.2) is 0 Å². The van der Waals surface area contributed by atoms with E-state index in [-0.39, 0.29) is 11.8 Å². The average molecular weight is 413 g/mol. The average Bonchev–Trinajstić information content (AvgIpc) is 2.73. The van der Waals surface area contributed by atoms with Crippen molar-refractivity contribution in [1.29, 1.82) is 0 Å². The zero-order chi connectivity index (χ0) is 22.3. The van der Waals surface area contributed by atoms with E-state index in [1.807, 2.05) is 88.4 Å². The van der Waals surface area contributed by atoms with Gasteiger partial charge in [-0.3, -0.25) is 14.5 Å². The van der Waals surface area contributed by atoms with Crippen LogP contribution in [0.4, 0.5) is 17.1 Å². The molecule has 4 rings (SSSR count). The van der Waals surface area contributed by atoms with Crippen LogP contribution in [-0.2, 0) is 16.0 Å². The number of carbonyl (C=O) groups is 2. The Kier molecular flexibility index (Phi) is 5.18. The normalized spacial score (nSPS) is 18.0. The first-order chi connectivity index (χ1) is 14.7. The first-order valence-corrected chi connectivity index (χ1v) is 10.6. The number of anilines is 3. The lowest BCUT2D eigenvalue weighted by atomic mass is 9.77. The van der Waals surface area contributed by atoms with Gasteiger partial charge in [-0.05, 0) is 74.9 Å². The molecule has 158 valence electrons. The van der Waals surface area contributed by atoms with E-state index in [1.165, 1.54) is 0 Å². The fourth-order valence-corrected chi connectivity index (χ4v) is 4.51. The molecule has 1 N–H and O–H groups in total. The maximum atomic E-state index is 14.0. The molecule has 0 aliphatic carbocycles. The lowest BCUT2D eigenvalue weighted by Crippen LogP contribution is -2.52. The van der Waals surface area contributed by atoms with Gasteiger partial charge < -0.3 is 5.32 Å². The van der Waals surface area contributed by atoms with Gasteiger partial charge in [0.05, 0.1) is 11.4 Å². The summed E-state index contributed by atoms with van der Waals surface area (Å²) in [5.74, 6) is -0.479. The molecule has 1 aliphatic heterocycles. The van der Waals surface area contributed by atoms with E-state index >= 15 is 0 Å². The third-order valence-electron chi connectivity index (χ3n) is 6.34. The number of para-hydroxylation sites is 3. The molecule has 0 fully saturated rings. The van der Waals surface area contributed by atoms with Gasteiger partial charge in [-0.2, -0.15) is 0 Å². The third-order valence-corrected chi connectivity index (χ3v) is 6.34. The van der Waals surface area contributed by atoms with Crippen LogP contribution in [0, 0.1) is 33.1 Å². The Labute approximate surface area is 183 Å². The number of nitrogens with zero attached hydrogens (tertiary/aromatic N) is 1. The van der Waals surface area contributed by atoms with Crippen LogP contribution >= 0.6 is 0 Å². The molecule has 0 saturated carbocycles. The Balaban J connectivity index is 1.83. The van der Waals surface area contributed by atoms with Gasteiger partial charge in [-0.25, -0.2) is 0 Å². The summed E-state index contributed by atoms with van der Waals surface area (Å²) in [6, 6.07) is 19.7. The molecule has 3 aromatic carbocycles. The second kappa shape index (κ2) is 7.69. The number of nitrogens with one attached hydrogen (secondary N) is 1. The SMILES string of the molecule is Cc1cccc(C)c1NC(=O)[C@@]1(C)Cc2ccccc2N(c2c(C)cccc2C)C1=O. The maximum Gasteiger partial charge on any atom is 0.247 e. The fraction of sp³-hybridized carbons (Fsp3) is 0.259. The Morgan fingerprint density at radius 3 is 2.00 bits per heavy atom. The Bertz CT molecular complexity index is 1160. The number of aryl methyl sites for hydroxylation is 4. The quantitative estimate of drug-likeness (QED) is 0.554. The molecule has 4 nitrogen and oxygen atoms in total. The molecule has 0 spiro atoms. The van der Waals surface area contributed by atoms with Crippen LogP contribution < -0.4 is 10.2 Å². The monoisotopic (exact) mass is 412 g/mol. The van der Waals surface area contributed by atoms with Gasteiger partial charge in [0.2, 0.25) is 11.8 Å². The summed E-state index contributed by atoms with van der Waals surface area (Å²) in [5, 5.41) is 3.06. The van der Waals surface area contributed by atoms with E-state index in [2.05, 4.69) is 5.32 Å². The van der Waals surface area contributed by atoms with Gasteiger partial charge in [0, 0.05) is 5.69 Å². The topological polar surface area (TPSA) is 49.4 Å². The van der Waals surface area contributed by atoms with Crippen LogP contribution in [0.3, 0.4) is 0 Å². The zero-order valence-electron chi connectivity index (χ0n) is 18.7. The van der Waals surface area contributed by atoms with Crippen molar-refractivity contribution >= 4 is 28.9 Å². The van der Waals surface area contributed by atoms with E-state index in [9.17, 15) is 9.59 Å². The van der Waals surface area contributed by atoms with Gasteiger partial charge in [-0.15, -0.1) is 0 Å². The van der Waals surface area contributed by atoms with Crippen molar-refractivity contribution in [3.05, 3.63) is 88.5 Å². The first-order valence-electron chi connectivity index (χ1n) is 10.6. The van der Waals surface area contributed by atoms with E-state index in [4.69, 9.17) is 0 Å². The summed E-state index contributed by atoms with van der Waals surface area (Å²) < 4.78 is 0. The highest BCUT2D eigenvalue weighted by molar-refractivity contribution is 6.20. The minimum absolute atomic E-state index is 0.202. The molecule has 2 amide bonds. The number of fused-ring (bicyclic) bond motifs is 1. The van der Waals surface area contributed by atoms with Gasteiger partial charge in [0.1, 0.15) is 5.41 Å². The lowest BCUT2D eigenvalue weighted by Gasteiger charge is -2.40. The summed E-state index contributed by atoms with van der Waals surface area (Å²) in [5.41, 5.74) is 6.21. The largest absolute Gasteiger partial charge is 0.325 e. The van der Waals surface area contributed by atoms with E-state index < -0.39 is 5.41 Å². The zero-order valence-corrected chi connectivity index (χ0v) is 18.7. The number of hydrogen-bond acceptors (Lipinski definition) is 2. The standard InChI is InChI=1S/C27H28N2O2/c1-17-10-8-11-18(2)23(17)28-25(30)27(5)16-21-14-6-7-15-22(21)29(26(27)31)24-19(3)12-9-13-20(24)4/h6-15H,16H2,1-5H3,(H,28,30)/t27-/m1/s1. The summed E-state index contributed by atoms with van der Waals surface area (Å²) in [4.78, 5) is 29.3. The summed E-state index contributed by atoms with van der Waals surface area (Å²) in [7, 11) is 0. The van der Waals surface area contributed by atoms with Crippen molar-refractivity contribution in [2.24, 2.45) is 5.41 Å². The number of rotatable bonds is 3. The molecule has 0 bridgehead atoms. The smallest absolute Gasteiger partial charge is 0.247 e. The van der Waals surface area contributed by atoms with Gasteiger partial charge in [0.25, 0.3) is 0 Å². The van der Waals surface area contributed by atoms with Crippen molar-refractivity contribution in [3.8, 4) is 0 Å². The van der Waals surface area contributed by atoms with Gasteiger partial charge in [-0.1, -0.05) is 54.6 Å². The second-order valence-electron chi connectivity index (χ2n) is 8.74. The number of amides is 2. The minimum Gasteiger partial charge on any atom is -0.325 e. The molecule has 0 saturated heterocycles. The summed E-state index contributed by atoms with van der Waals surface area (Å²) in [6.07, 6.45) is 0.361. The minimum atomic E-state index is -1.22. The van der Waals surface area contributed by atoms with Crippen LogP contribution in [0.25, 0.3) is 0 Å². The van der Waals surface area contributed by atoms with Gasteiger partial charge >= 0.3 is 0 Å². The van der Waals surface area contributed by atoms with Crippen LogP contribution in [0.5, 0.6) is 0 Å². The number of benzene rings is 3. The maximum absolute atomic E-state index is 14.0. The molecule has 4 heteroatoms. The van der Waals surface area contributed by atoms with Crippen molar-refractivity contribution in [1.82, 2.24) is 0 Å². The second-order valence-corrected chi connectivity index (χ2v) is 8.74. The Hall–Kier alpha value is -3.40. The number of carbonyl (C=O) groups excluding carboxylic acids is 2. The molecule has 3 aromatic rings. The van der Waals surface area contributed by atoms with Crippen molar-refractivity contribution in [3.63, 3.8) is 0 Å². The highest BCUT2D eigenvalue weighted by Gasteiger charge is 2.49. The van der Waals surface area contributed by atoms with E-state index in [0.29, 0.717) is 6.42 Å². The molecule has 1 heterocycles. The molecule has 31 heavy (non-hydrogen) atoms. The molecular weight excluding hydrogens is 384 g/mol. The molecule has 1 aliphatic rings. The highest BCUT2D eigenvalue weighted by atomic mass is 16.2. The lowest BCUT2D eigenvalue weighted by molar-refractivity contribution is -0.137. The van der Waals surface area contributed by atoms with Crippen LogP contribution in [0.1, 0.15) is 34.7 Å².